The standard InChI is InChI=1S/C14H33NO3Si.C13H32N2O3Si/c1-12(2,3)14(15,13(4,5)6)10-11-19(16-7,17-8)18-9;1-11(2)8-13(14,9-12(3)4)10-15-6-5-7-19(16,17)18/h10-11,15H2,1-9H3;11-12,15-18H,5-10,14H2,1-4H3. The molecule has 0 radical (unpaired) electrons. The Morgan fingerprint density at radius 3 is 1.42 bits per heavy atom. The Morgan fingerprint density at radius 2 is 1.13 bits per heavy atom. The van der Waals surface area contributed by atoms with Crippen LogP contribution in [0.1, 0.15) is 94.9 Å². The molecule has 11 heteroatoms. The zero-order valence-corrected chi connectivity index (χ0v) is 29.0. The Morgan fingerprint density at radius 1 is 0.737 bits per heavy atom. The minimum Gasteiger partial charge on any atom is -0.390 e. The van der Waals surface area contributed by atoms with Crippen LogP contribution in [0.15, 0.2) is 0 Å². The number of hydrogen-bond acceptors (Lipinski definition) is 9. The second kappa shape index (κ2) is 16.5. The van der Waals surface area contributed by atoms with Crippen molar-refractivity contribution in [1.29, 1.82) is 0 Å². The van der Waals surface area contributed by atoms with E-state index in [4.69, 9.17) is 39.1 Å². The van der Waals surface area contributed by atoms with Crippen molar-refractivity contribution in [2.45, 2.75) is 118 Å². The molecule has 0 rings (SSSR count). The zero-order valence-electron chi connectivity index (χ0n) is 27.0. The fourth-order valence-electron chi connectivity index (χ4n) is 5.42. The summed E-state index contributed by atoms with van der Waals surface area (Å²) in [6, 6.07) is 0.799. The molecule has 38 heavy (non-hydrogen) atoms. The predicted octanol–water partition coefficient (Wildman–Crippen LogP) is 3.72. The van der Waals surface area contributed by atoms with Crippen molar-refractivity contribution in [3.8, 4) is 0 Å². The number of nitrogens with one attached hydrogen (secondary N) is 1. The maximum Gasteiger partial charge on any atom is 0.500 e. The van der Waals surface area contributed by atoms with Crippen LogP contribution in [-0.2, 0) is 13.3 Å². The van der Waals surface area contributed by atoms with Gasteiger partial charge in [0.1, 0.15) is 0 Å². The monoisotopic (exact) mass is 583 g/mol. The van der Waals surface area contributed by atoms with Gasteiger partial charge in [0, 0.05) is 51.0 Å². The normalized spacial score (nSPS) is 14.2. The smallest absolute Gasteiger partial charge is 0.390 e. The average Bonchev–Trinajstić information content (AvgIpc) is 2.71. The third kappa shape index (κ3) is 15.2. The molecule has 0 saturated carbocycles. The lowest BCUT2D eigenvalue weighted by Gasteiger charge is -2.52. The lowest BCUT2D eigenvalue weighted by molar-refractivity contribution is 0.0466. The van der Waals surface area contributed by atoms with Crippen LogP contribution in [0.2, 0.25) is 12.1 Å². The summed E-state index contributed by atoms with van der Waals surface area (Å²) in [5.74, 6) is 1.11. The molecule has 8 N–H and O–H groups in total. The van der Waals surface area contributed by atoms with E-state index in [0.29, 0.717) is 24.8 Å². The van der Waals surface area contributed by atoms with Gasteiger partial charge in [0.2, 0.25) is 0 Å². The molecular formula is C27H65N3O6Si2. The van der Waals surface area contributed by atoms with Crippen molar-refractivity contribution in [1.82, 2.24) is 5.32 Å². The third-order valence-electron chi connectivity index (χ3n) is 7.41. The summed E-state index contributed by atoms with van der Waals surface area (Å²) in [7, 11) is -1.51. The molecule has 0 aliphatic carbocycles. The summed E-state index contributed by atoms with van der Waals surface area (Å²) < 4.78 is 16.5. The molecule has 0 spiro atoms. The molecule has 0 bridgehead atoms. The quantitative estimate of drug-likeness (QED) is 0.118. The zero-order chi connectivity index (χ0) is 30.6. The molecule has 0 aromatic carbocycles. The molecule has 0 aliphatic rings. The first-order chi connectivity index (χ1) is 16.9. The van der Waals surface area contributed by atoms with Crippen LogP contribution in [-0.4, -0.2) is 77.5 Å². The van der Waals surface area contributed by atoms with Gasteiger partial charge in [-0.05, 0) is 54.9 Å². The Kier molecular flexibility index (Phi) is 17.5. The molecule has 0 atom stereocenters. The van der Waals surface area contributed by atoms with Gasteiger partial charge in [0.25, 0.3) is 0 Å². The van der Waals surface area contributed by atoms with Crippen LogP contribution in [0.5, 0.6) is 0 Å². The van der Waals surface area contributed by atoms with E-state index in [0.717, 1.165) is 31.9 Å². The van der Waals surface area contributed by atoms with E-state index in [1.165, 1.54) is 0 Å². The van der Waals surface area contributed by atoms with E-state index in [2.05, 4.69) is 74.6 Å². The van der Waals surface area contributed by atoms with Crippen LogP contribution >= 0.6 is 0 Å². The summed E-state index contributed by atoms with van der Waals surface area (Å²) in [6.07, 6.45) is 3.30. The first kappa shape index (κ1) is 40.2. The summed E-state index contributed by atoms with van der Waals surface area (Å²) in [4.78, 5) is 26.7. The molecule has 0 aromatic rings. The Bertz CT molecular complexity index is 596. The van der Waals surface area contributed by atoms with Crippen molar-refractivity contribution >= 4 is 17.6 Å². The lowest BCUT2D eigenvalue weighted by atomic mass is 9.59. The van der Waals surface area contributed by atoms with Gasteiger partial charge in [-0.25, -0.2) is 0 Å². The molecule has 0 heterocycles. The largest absolute Gasteiger partial charge is 0.500 e. The minimum absolute atomic E-state index is 0.0133. The summed E-state index contributed by atoms with van der Waals surface area (Å²) in [5, 5.41) is 3.27. The van der Waals surface area contributed by atoms with Gasteiger partial charge in [-0.3, -0.25) is 0 Å². The van der Waals surface area contributed by atoms with Crippen molar-refractivity contribution < 1.29 is 27.7 Å². The molecule has 9 nitrogen and oxygen atoms in total. The molecule has 0 unspecified atom stereocenters. The topological polar surface area (TPSA) is 152 Å². The van der Waals surface area contributed by atoms with Crippen molar-refractivity contribution in [2.75, 3.05) is 34.4 Å². The van der Waals surface area contributed by atoms with Crippen molar-refractivity contribution in [3.63, 3.8) is 0 Å². The van der Waals surface area contributed by atoms with E-state index >= 15 is 0 Å². The maximum atomic E-state index is 8.91. The fourth-order valence-corrected chi connectivity index (χ4v) is 7.89. The predicted molar refractivity (Wildman–Crippen MR) is 163 cm³/mol. The van der Waals surface area contributed by atoms with Gasteiger partial charge in [-0.1, -0.05) is 69.2 Å². The lowest BCUT2D eigenvalue weighted by Crippen LogP contribution is -2.61. The van der Waals surface area contributed by atoms with Gasteiger partial charge in [0.05, 0.1) is 0 Å². The van der Waals surface area contributed by atoms with Gasteiger partial charge < -0.3 is 44.4 Å². The van der Waals surface area contributed by atoms with E-state index in [1.807, 2.05) is 0 Å². The van der Waals surface area contributed by atoms with E-state index in [9.17, 15) is 0 Å². The highest BCUT2D eigenvalue weighted by molar-refractivity contribution is 6.60. The average molecular weight is 584 g/mol. The van der Waals surface area contributed by atoms with E-state index in [-0.39, 0.29) is 28.0 Å². The number of nitrogens with two attached hydrogens (primary N) is 2. The van der Waals surface area contributed by atoms with Crippen molar-refractivity contribution in [2.24, 2.45) is 34.1 Å². The van der Waals surface area contributed by atoms with E-state index < -0.39 is 17.6 Å². The van der Waals surface area contributed by atoms with Crippen LogP contribution in [0, 0.1) is 22.7 Å². The maximum absolute atomic E-state index is 8.91. The Balaban J connectivity index is 0. The highest BCUT2D eigenvalue weighted by Gasteiger charge is 2.50. The molecular weight excluding hydrogens is 518 g/mol. The highest BCUT2D eigenvalue weighted by atomic mass is 28.4. The molecule has 0 amide bonds. The molecule has 0 saturated heterocycles. The first-order valence-corrected chi connectivity index (χ1v) is 18.0. The minimum atomic E-state index is -3.88. The van der Waals surface area contributed by atoms with Crippen molar-refractivity contribution in [3.05, 3.63) is 0 Å². The van der Waals surface area contributed by atoms with E-state index in [1.54, 1.807) is 21.3 Å². The van der Waals surface area contributed by atoms with Gasteiger partial charge in [-0.2, -0.15) is 0 Å². The summed E-state index contributed by atoms with van der Waals surface area (Å²) >= 11 is 0. The second-order valence-electron chi connectivity index (χ2n) is 13.9. The fraction of sp³-hybridized carbons (Fsp3) is 1.00. The Labute approximate surface area is 237 Å². The summed E-state index contributed by atoms with van der Waals surface area (Å²) in [6.45, 7) is 23.2. The Hall–Kier alpha value is 0.0738. The summed E-state index contributed by atoms with van der Waals surface area (Å²) in [5.41, 5.74) is 12.7. The van der Waals surface area contributed by atoms with Crippen LogP contribution in [0.3, 0.4) is 0 Å². The molecule has 0 aromatic heterocycles. The van der Waals surface area contributed by atoms with Crippen LogP contribution in [0.4, 0.5) is 0 Å². The second-order valence-corrected chi connectivity index (χ2v) is 19.0. The SMILES string of the molecule is CC(C)CC(N)(CNCCC[Si](O)(O)O)CC(C)C.CO[Si](CCC(N)(C(C)(C)C)C(C)(C)C)(OC)OC. The molecule has 0 aliphatic heterocycles. The number of hydrogen-bond donors (Lipinski definition) is 6. The van der Waals surface area contributed by atoms with Gasteiger partial charge in [-0.15, -0.1) is 0 Å². The van der Waals surface area contributed by atoms with Gasteiger partial charge >= 0.3 is 17.6 Å². The highest BCUT2D eigenvalue weighted by Crippen LogP contribution is 2.45. The van der Waals surface area contributed by atoms with Crippen LogP contribution in [0.25, 0.3) is 0 Å². The third-order valence-corrected chi connectivity index (χ3v) is 11.2. The molecule has 232 valence electrons. The van der Waals surface area contributed by atoms with Crippen LogP contribution < -0.4 is 16.8 Å². The first-order valence-electron chi connectivity index (χ1n) is 14.0. The number of rotatable bonds is 16. The molecule has 0 fully saturated rings. The van der Waals surface area contributed by atoms with Gasteiger partial charge in [0.15, 0.2) is 0 Å².